The molecule has 0 amide bonds. The smallest absolute Gasteiger partial charge is 0.0816 e. The van der Waals surface area contributed by atoms with Crippen LogP contribution in [0.1, 0.15) is 18.1 Å². The molecule has 1 aromatic heterocycles. The normalized spacial score (nSPS) is 13.5. The third kappa shape index (κ3) is 2.43. The molecule has 0 spiro atoms. The molecule has 86 valence electrons. The zero-order valence-electron chi connectivity index (χ0n) is 9.68. The first-order chi connectivity index (χ1) is 7.68. The van der Waals surface area contributed by atoms with E-state index < -0.39 is 0 Å². The number of fused-ring (bicyclic) bond motifs is 1. The van der Waals surface area contributed by atoms with Crippen LogP contribution in [-0.2, 0) is 0 Å². The molecule has 2 aromatic rings. The molecular formula is C13H17NOS. The fourth-order valence-corrected chi connectivity index (χ4v) is 2.80. The van der Waals surface area contributed by atoms with Crippen molar-refractivity contribution in [2.24, 2.45) is 0 Å². The molecule has 0 fully saturated rings. The Hall–Kier alpha value is -0.900. The first kappa shape index (κ1) is 11.6. The maximum Gasteiger partial charge on any atom is 0.0816 e. The summed E-state index contributed by atoms with van der Waals surface area (Å²) in [6, 6.07) is 8.24. The van der Waals surface area contributed by atoms with E-state index >= 15 is 0 Å². The molecule has 0 radical (unpaired) electrons. The highest BCUT2D eigenvalue weighted by Crippen LogP contribution is 2.31. The lowest BCUT2D eigenvalue weighted by Crippen LogP contribution is -2.15. The number of nitrogens with zero attached hydrogens (tertiary/aromatic N) is 1. The Morgan fingerprint density at radius 3 is 2.81 bits per heavy atom. The third-order valence-electron chi connectivity index (χ3n) is 2.72. The van der Waals surface area contributed by atoms with Crippen LogP contribution in [0.3, 0.4) is 0 Å². The highest BCUT2D eigenvalue weighted by atomic mass is 32.1. The highest BCUT2D eigenvalue weighted by Gasteiger charge is 2.12. The Kier molecular flexibility index (Phi) is 3.59. The van der Waals surface area contributed by atoms with Gasteiger partial charge in [0.15, 0.2) is 0 Å². The number of aliphatic hydroxyl groups is 1. The zero-order valence-corrected chi connectivity index (χ0v) is 10.5. The Labute approximate surface area is 100 Å². The van der Waals surface area contributed by atoms with Crippen LogP contribution in [-0.4, -0.2) is 30.6 Å². The van der Waals surface area contributed by atoms with Gasteiger partial charge in [0.2, 0.25) is 0 Å². The SMILES string of the molecule is CN(C)CCC(O)c1csc2ccccc12. The molecule has 1 heterocycles. The van der Waals surface area contributed by atoms with Crippen LogP contribution in [0, 0.1) is 0 Å². The summed E-state index contributed by atoms with van der Waals surface area (Å²) in [7, 11) is 4.05. The molecule has 0 bridgehead atoms. The molecular weight excluding hydrogens is 218 g/mol. The molecule has 0 aliphatic heterocycles. The lowest BCUT2D eigenvalue weighted by atomic mass is 10.1. The highest BCUT2D eigenvalue weighted by molar-refractivity contribution is 7.17. The number of hydrogen-bond donors (Lipinski definition) is 1. The van der Waals surface area contributed by atoms with Crippen LogP contribution in [0.5, 0.6) is 0 Å². The van der Waals surface area contributed by atoms with E-state index in [-0.39, 0.29) is 6.10 Å². The zero-order chi connectivity index (χ0) is 11.5. The first-order valence-electron chi connectivity index (χ1n) is 5.47. The van der Waals surface area contributed by atoms with Crippen LogP contribution in [0.2, 0.25) is 0 Å². The van der Waals surface area contributed by atoms with Gasteiger partial charge in [-0.25, -0.2) is 0 Å². The van der Waals surface area contributed by atoms with E-state index in [1.165, 1.54) is 10.1 Å². The number of hydrogen-bond acceptors (Lipinski definition) is 3. The van der Waals surface area contributed by atoms with Gasteiger partial charge in [-0.2, -0.15) is 0 Å². The Bertz CT molecular complexity index is 464. The number of benzene rings is 1. The van der Waals surface area contributed by atoms with E-state index in [1.54, 1.807) is 11.3 Å². The van der Waals surface area contributed by atoms with Gasteiger partial charge >= 0.3 is 0 Å². The van der Waals surface area contributed by atoms with Crippen LogP contribution in [0.15, 0.2) is 29.6 Å². The minimum absolute atomic E-state index is 0.349. The molecule has 2 rings (SSSR count). The van der Waals surface area contributed by atoms with E-state index in [0.717, 1.165) is 18.5 Å². The van der Waals surface area contributed by atoms with E-state index in [0.29, 0.717) is 0 Å². The van der Waals surface area contributed by atoms with Crippen molar-refractivity contribution in [2.45, 2.75) is 12.5 Å². The van der Waals surface area contributed by atoms with E-state index in [2.05, 4.69) is 22.4 Å². The van der Waals surface area contributed by atoms with Crippen molar-refractivity contribution in [3.63, 3.8) is 0 Å². The average molecular weight is 235 g/mol. The minimum atomic E-state index is -0.349. The van der Waals surface area contributed by atoms with E-state index in [4.69, 9.17) is 0 Å². The molecule has 0 aliphatic carbocycles. The average Bonchev–Trinajstić information content (AvgIpc) is 2.69. The lowest BCUT2D eigenvalue weighted by molar-refractivity contribution is 0.156. The summed E-state index contributed by atoms with van der Waals surface area (Å²) in [5, 5.41) is 13.4. The largest absolute Gasteiger partial charge is 0.388 e. The van der Waals surface area contributed by atoms with Crippen molar-refractivity contribution in [3.8, 4) is 0 Å². The minimum Gasteiger partial charge on any atom is -0.388 e. The van der Waals surface area contributed by atoms with Crippen molar-refractivity contribution < 1.29 is 5.11 Å². The molecule has 0 aliphatic rings. The quantitative estimate of drug-likeness (QED) is 0.881. The molecule has 3 heteroatoms. The van der Waals surface area contributed by atoms with Crippen LogP contribution < -0.4 is 0 Å². The predicted molar refractivity (Wildman–Crippen MR) is 70.0 cm³/mol. The summed E-state index contributed by atoms with van der Waals surface area (Å²) >= 11 is 1.70. The van der Waals surface area contributed by atoms with Crippen LogP contribution >= 0.6 is 11.3 Å². The molecule has 0 saturated heterocycles. The first-order valence-corrected chi connectivity index (χ1v) is 6.35. The van der Waals surface area contributed by atoms with Gasteiger partial charge in [-0.3, -0.25) is 0 Å². The van der Waals surface area contributed by atoms with Gasteiger partial charge in [-0.05, 0) is 42.9 Å². The van der Waals surface area contributed by atoms with Crippen molar-refractivity contribution in [3.05, 3.63) is 35.2 Å². The maximum atomic E-state index is 10.1. The van der Waals surface area contributed by atoms with Crippen LogP contribution in [0.25, 0.3) is 10.1 Å². The second kappa shape index (κ2) is 4.95. The second-order valence-electron chi connectivity index (χ2n) is 4.29. The second-order valence-corrected chi connectivity index (χ2v) is 5.21. The maximum absolute atomic E-state index is 10.1. The van der Waals surface area contributed by atoms with Gasteiger partial charge in [0.25, 0.3) is 0 Å². The fraction of sp³-hybridized carbons (Fsp3) is 0.385. The van der Waals surface area contributed by atoms with E-state index in [1.807, 2.05) is 26.2 Å². The molecule has 16 heavy (non-hydrogen) atoms. The molecule has 1 atom stereocenters. The number of thiophene rings is 1. The molecule has 2 nitrogen and oxygen atoms in total. The fourth-order valence-electron chi connectivity index (χ4n) is 1.79. The van der Waals surface area contributed by atoms with Crippen LogP contribution in [0.4, 0.5) is 0 Å². The summed E-state index contributed by atoms with van der Waals surface area (Å²) < 4.78 is 1.25. The summed E-state index contributed by atoms with van der Waals surface area (Å²) in [6.07, 6.45) is 0.437. The monoisotopic (exact) mass is 235 g/mol. The Morgan fingerprint density at radius 1 is 1.31 bits per heavy atom. The third-order valence-corrected chi connectivity index (χ3v) is 3.70. The molecule has 1 aromatic carbocycles. The Morgan fingerprint density at radius 2 is 2.06 bits per heavy atom. The topological polar surface area (TPSA) is 23.5 Å². The summed E-state index contributed by atoms with van der Waals surface area (Å²) in [5.74, 6) is 0. The Balaban J connectivity index is 2.19. The summed E-state index contributed by atoms with van der Waals surface area (Å²) in [6.45, 7) is 0.908. The van der Waals surface area contributed by atoms with Crippen molar-refractivity contribution in [2.75, 3.05) is 20.6 Å². The van der Waals surface area contributed by atoms with Crippen molar-refractivity contribution in [1.82, 2.24) is 4.90 Å². The molecule has 0 saturated carbocycles. The summed E-state index contributed by atoms with van der Waals surface area (Å²) in [5.41, 5.74) is 1.07. The number of aliphatic hydroxyl groups excluding tert-OH is 1. The van der Waals surface area contributed by atoms with E-state index in [9.17, 15) is 5.11 Å². The summed E-state index contributed by atoms with van der Waals surface area (Å²) in [4.78, 5) is 2.10. The van der Waals surface area contributed by atoms with Crippen molar-refractivity contribution >= 4 is 21.4 Å². The molecule has 1 N–H and O–H groups in total. The van der Waals surface area contributed by atoms with Gasteiger partial charge in [0.05, 0.1) is 6.10 Å². The van der Waals surface area contributed by atoms with Crippen molar-refractivity contribution in [1.29, 1.82) is 0 Å². The lowest BCUT2D eigenvalue weighted by Gasteiger charge is -2.13. The van der Waals surface area contributed by atoms with Gasteiger partial charge in [0.1, 0.15) is 0 Å². The number of rotatable bonds is 4. The van der Waals surface area contributed by atoms with Gasteiger partial charge < -0.3 is 10.0 Å². The standard InChI is InChI=1S/C13H17NOS/c1-14(2)8-7-12(15)11-9-16-13-6-4-3-5-10(11)13/h3-6,9,12,15H,7-8H2,1-2H3. The predicted octanol–water partition coefficient (Wildman–Crippen LogP) is 2.89. The van der Waals surface area contributed by atoms with Gasteiger partial charge in [-0.15, -0.1) is 11.3 Å². The van der Waals surface area contributed by atoms with Gasteiger partial charge in [0, 0.05) is 11.2 Å². The van der Waals surface area contributed by atoms with Gasteiger partial charge in [-0.1, -0.05) is 18.2 Å². The molecule has 1 unspecified atom stereocenters.